The SMILES string of the molecule is CCN(CCC(C)(COC)SC1=CN(C)CC=C1)C(=O)OC(C)(C)C. The summed E-state index contributed by atoms with van der Waals surface area (Å²) in [6.07, 6.45) is 7.05. The molecule has 1 atom stereocenters. The molecule has 0 saturated carbocycles. The van der Waals surface area contributed by atoms with Crippen LogP contribution in [0.3, 0.4) is 0 Å². The van der Waals surface area contributed by atoms with Gasteiger partial charge in [-0.25, -0.2) is 4.79 Å². The smallest absolute Gasteiger partial charge is 0.410 e. The Labute approximate surface area is 157 Å². The highest BCUT2D eigenvalue weighted by Crippen LogP contribution is 2.37. The van der Waals surface area contributed by atoms with Crippen LogP contribution >= 0.6 is 11.8 Å². The average molecular weight is 371 g/mol. The Morgan fingerprint density at radius 1 is 1.36 bits per heavy atom. The lowest BCUT2D eigenvalue weighted by Gasteiger charge is -2.33. The van der Waals surface area contributed by atoms with Gasteiger partial charge in [0, 0.05) is 49.6 Å². The zero-order valence-electron chi connectivity index (χ0n) is 16.8. The topological polar surface area (TPSA) is 42.0 Å². The van der Waals surface area contributed by atoms with Crippen LogP contribution in [0, 0.1) is 0 Å². The first-order valence-electron chi connectivity index (χ1n) is 8.83. The summed E-state index contributed by atoms with van der Waals surface area (Å²) in [5.74, 6) is 0. The van der Waals surface area contributed by atoms with Crippen molar-refractivity contribution in [2.24, 2.45) is 0 Å². The number of likely N-dealkylation sites (N-methyl/N-ethyl adjacent to an activating group) is 1. The number of allylic oxidation sites excluding steroid dienone is 1. The van der Waals surface area contributed by atoms with E-state index in [2.05, 4.69) is 37.2 Å². The molecule has 6 heteroatoms. The Kier molecular flexibility index (Phi) is 8.35. The minimum absolute atomic E-state index is 0.113. The van der Waals surface area contributed by atoms with Crippen molar-refractivity contribution in [2.75, 3.05) is 40.4 Å². The van der Waals surface area contributed by atoms with Gasteiger partial charge in [-0.2, -0.15) is 0 Å². The maximum absolute atomic E-state index is 12.3. The number of rotatable bonds is 8. The largest absolute Gasteiger partial charge is 0.444 e. The number of hydrogen-bond acceptors (Lipinski definition) is 5. The zero-order chi connectivity index (χ0) is 19.1. The van der Waals surface area contributed by atoms with E-state index in [-0.39, 0.29) is 10.8 Å². The molecule has 0 N–H and O–H groups in total. The van der Waals surface area contributed by atoms with Gasteiger partial charge in [0.15, 0.2) is 0 Å². The van der Waals surface area contributed by atoms with Crippen LogP contribution in [0.5, 0.6) is 0 Å². The highest BCUT2D eigenvalue weighted by atomic mass is 32.2. The van der Waals surface area contributed by atoms with Crippen molar-refractivity contribution in [3.05, 3.63) is 23.3 Å². The molecule has 1 amide bonds. The van der Waals surface area contributed by atoms with Crippen LogP contribution in [-0.4, -0.2) is 66.6 Å². The second kappa shape index (κ2) is 9.53. The van der Waals surface area contributed by atoms with E-state index in [1.807, 2.05) is 27.7 Å². The van der Waals surface area contributed by atoms with E-state index < -0.39 is 5.60 Å². The van der Waals surface area contributed by atoms with Crippen LogP contribution < -0.4 is 0 Å². The molecule has 0 aliphatic carbocycles. The molecule has 0 bridgehead atoms. The van der Waals surface area contributed by atoms with Gasteiger partial charge < -0.3 is 19.3 Å². The highest BCUT2D eigenvalue weighted by Gasteiger charge is 2.29. The first-order chi connectivity index (χ1) is 11.6. The Hall–Kier alpha value is -1.14. The Balaban J connectivity index is 2.72. The van der Waals surface area contributed by atoms with E-state index >= 15 is 0 Å². The molecule has 0 aromatic rings. The fourth-order valence-corrected chi connectivity index (χ4v) is 3.86. The van der Waals surface area contributed by atoms with Gasteiger partial charge in [0.05, 0.1) is 6.61 Å². The van der Waals surface area contributed by atoms with E-state index in [9.17, 15) is 4.79 Å². The molecular formula is C19H34N2O3S. The molecule has 1 aliphatic heterocycles. The molecule has 1 unspecified atom stereocenters. The van der Waals surface area contributed by atoms with Crippen LogP contribution in [0.1, 0.15) is 41.0 Å². The van der Waals surface area contributed by atoms with E-state index in [1.54, 1.807) is 23.8 Å². The van der Waals surface area contributed by atoms with Gasteiger partial charge in [-0.1, -0.05) is 6.08 Å². The second-order valence-corrected chi connectivity index (χ2v) is 9.33. The molecular weight excluding hydrogens is 336 g/mol. The fraction of sp³-hybridized carbons (Fsp3) is 0.737. The molecule has 0 radical (unpaired) electrons. The summed E-state index contributed by atoms with van der Waals surface area (Å²) in [5, 5.41) is 0. The number of thioether (sulfide) groups is 1. The first-order valence-corrected chi connectivity index (χ1v) is 9.64. The third-order valence-corrected chi connectivity index (χ3v) is 5.07. The molecule has 0 aromatic carbocycles. The van der Waals surface area contributed by atoms with Crippen molar-refractivity contribution in [1.82, 2.24) is 9.80 Å². The summed E-state index contributed by atoms with van der Waals surface area (Å²) in [5.41, 5.74) is -0.475. The number of methoxy groups -OCH3 is 1. The van der Waals surface area contributed by atoms with Gasteiger partial charge in [0.2, 0.25) is 0 Å². The van der Waals surface area contributed by atoms with Gasteiger partial charge >= 0.3 is 6.09 Å². The van der Waals surface area contributed by atoms with Crippen molar-refractivity contribution in [3.63, 3.8) is 0 Å². The van der Waals surface area contributed by atoms with Crippen molar-refractivity contribution in [1.29, 1.82) is 0 Å². The highest BCUT2D eigenvalue weighted by molar-refractivity contribution is 8.04. The zero-order valence-corrected chi connectivity index (χ0v) is 17.6. The number of carbonyl (C=O) groups is 1. The van der Waals surface area contributed by atoms with Crippen molar-refractivity contribution in [3.8, 4) is 0 Å². The molecule has 1 rings (SSSR count). The number of carbonyl (C=O) groups excluding carboxylic acids is 1. The van der Waals surface area contributed by atoms with Gasteiger partial charge in [0.1, 0.15) is 5.60 Å². The summed E-state index contributed by atoms with van der Waals surface area (Å²) in [6, 6.07) is 0. The van der Waals surface area contributed by atoms with Crippen LogP contribution in [0.2, 0.25) is 0 Å². The number of hydrogen-bond donors (Lipinski definition) is 0. The molecule has 25 heavy (non-hydrogen) atoms. The Morgan fingerprint density at radius 2 is 2.04 bits per heavy atom. The minimum Gasteiger partial charge on any atom is -0.444 e. The van der Waals surface area contributed by atoms with E-state index in [0.717, 1.165) is 13.0 Å². The molecule has 0 spiro atoms. The van der Waals surface area contributed by atoms with Crippen molar-refractivity contribution >= 4 is 17.9 Å². The summed E-state index contributed by atoms with van der Waals surface area (Å²) in [7, 11) is 3.79. The van der Waals surface area contributed by atoms with Crippen LogP contribution in [0.15, 0.2) is 23.3 Å². The quantitative estimate of drug-likeness (QED) is 0.643. The molecule has 0 aromatic heterocycles. The summed E-state index contributed by atoms with van der Waals surface area (Å²) >= 11 is 1.80. The van der Waals surface area contributed by atoms with E-state index in [0.29, 0.717) is 19.7 Å². The second-order valence-electron chi connectivity index (χ2n) is 7.67. The van der Waals surface area contributed by atoms with E-state index in [1.165, 1.54) is 4.91 Å². The normalized spacial score (nSPS) is 17.1. The van der Waals surface area contributed by atoms with E-state index in [4.69, 9.17) is 9.47 Å². The molecule has 1 aliphatic rings. The Morgan fingerprint density at radius 3 is 2.56 bits per heavy atom. The van der Waals surface area contributed by atoms with Crippen LogP contribution in [0.4, 0.5) is 4.79 Å². The third kappa shape index (κ3) is 8.19. The monoisotopic (exact) mass is 370 g/mol. The number of nitrogens with zero attached hydrogens (tertiary/aromatic N) is 2. The van der Waals surface area contributed by atoms with Gasteiger partial charge in [-0.05, 0) is 47.1 Å². The summed E-state index contributed by atoms with van der Waals surface area (Å²) < 4.78 is 10.8. The van der Waals surface area contributed by atoms with Gasteiger partial charge in [-0.15, -0.1) is 11.8 Å². The maximum Gasteiger partial charge on any atom is 0.410 e. The standard InChI is InChI=1S/C19H34N2O3S/c1-8-21(17(22)24-18(2,3)4)13-11-19(5,15-23-7)25-16-10-9-12-20(6)14-16/h9-10,14H,8,11-13,15H2,1-7H3. The lowest BCUT2D eigenvalue weighted by Crippen LogP contribution is -2.40. The predicted molar refractivity (Wildman–Crippen MR) is 106 cm³/mol. The summed E-state index contributed by atoms with van der Waals surface area (Å²) in [6.45, 7) is 12.7. The maximum atomic E-state index is 12.3. The number of amides is 1. The van der Waals surface area contributed by atoms with Crippen molar-refractivity contribution < 1.29 is 14.3 Å². The minimum atomic E-state index is -0.475. The molecule has 144 valence electrons. The summed E-state index contributed by atoms with van der Waals surface area (Å²) in [4.78, 5) is 17.5. The molecule has 5 nitrogen and oxygen atoms in total. The van der Waals surface area contributed by atoms with Gasteiger partial charge in [0.25, 0.3) is 0 Å². The Bertz CT molecular complexity index is 499. The fourth-order valence-electron chi connectivity index (χ4n) is 2.53. The lowest BCUT2D eigenvalue weighted by atomic mass is 10.1. The third-order valence-electron chi connectivity index (χ3n) is 3.78. The van der Waals surface area contributed by atoms with Crippen molar-refractivity contribution in [2.45, 2.75) is 51.4 Å². The van der Waals surface area contributed by atoms with Gasteiger partial charge in [-0.3, -0.25) is 0 Å². The molecule has 0 saturated heterocycles. The average Bonchev–Trinajstić information content (AvgIpc) is 2.46. The molecule has 1 heterocycles. The molecule has 0 fully saturated rings. The van der Waals surface area contributed by atoms with Crippen LogP contribution in [0.25, 0.3) is 0 Å². The number of ether oxygens (including phenoxy) is 2. The lowest BCUT2D eigenvalue weighted by molar-refractivity contribution is 0.0248. The van der Waals surface area contributed by atoms with Crippen LogP contribution in [-0.2, 0) is 9.47 Å². The predicted octanol–water partition coefficient (Wildman–Crippen LogP) is 4.11. The first kappa shape index (κ1) is 21.9.